The highest BCUT2D eigenvalue weighted by molar-refractivity contribution is 5.76. The van der Waals surface area contributed by atoms with Crippen molar-refractivity contribution in [2.75, 3.05) is 19.8 Å². The number of aliphatic hydroxyl groups excluding tert-OH is 8. The summed E-state index contributed by atoms with van der Waals surface area (Å²) in [5.74, 6) is -0.254. The number of hydrogen-bond donors (Lipinski definition) is 9. The molecule has 2 saturated heterocycles. The van der Waals surface area contributed by atoms with E-state index in [-0.39, 0.29) is 18.9 Å². The first-order valence-corrected chi connectivity index (χ1v) is 22.1. The lowest BCUT2D eigenvalue weighted by molar-refractivity contribution is -0.359. The Morgan fingerprint density at radius 3 is 1.72 bits per heavy atom. The summed E-state index contributed by atoms with van der Waals surface area (Å²) in [6.45, 7) is 2.69. The van der Waals surface area contributed by atoms with E-state index < -0.39 is 86.8 Å². The van der Waals surface area contributed by atoms with Crippen LogP contribution in [0.2, 0.25) is 0 Å². The lowest BCUT2D eigenvalue weighted by atomic mass is 9.97. The van der Waals surface area contributed by atoms with Gasteiger partial charge in [0.15, 0.2) is 12.6 Å². The molecule has 2 aliphatic rings. The van der Waals surface area contributed by atoms with Gasteiger partial charge in [-0.15, -0.1) is 0 Å². The van der Waals surface area contributed by atoms with Gasteiger partial charge >= 0.3 is 0 Å². The van der Waals surface area contributed by atoms with E-state index in [1.807, 2.05) is 6.08 Å². The van der Waals surface area contributed by atoms with Gasteiger partial charge in [-0.1, -0.05) is 128 Å². The Balaban J connectivity index is 1.93. The van der Waals surface area contributed by atoms with E-state index in [1.54, 1.807) is 6.08 Å². The smallest absolute Gasteiger partial charge is 0.220 e. The van der Waals surface area contributed by atoms with Gasteiger partial charge in [-0.2, -0.15) is 0 Å². The molecule has 12 atom stereocenters. The van der Waals surface area contributed by atoms with Gasteiger partial charge in [0.1, 0.15) is 48.8 Å². The molecule has 0 aromatic heterocycles. The predicted octanol–water partition coefficient (Wildman–Crippen LogP) is 3.82. The van der Waals surface area contributed by atoms with Crippen LogP contribution in [0.3, 0.4) is 0 Å². The van der Waals surface area contributed by atoms with Crippen LogP contribution >= 0.6 is 0 Å². The Morgan fingerprint density at radius 2 is 1.12 bits per heavy atom. The minimum atomic E-state index is -1.79. The van der Waals surface area contributed by atoms with E-state index in [0.29, 0.717) is 6.42 Å². The zero-order valence-corrected chi connectivity index (χ0v) is 34.8. The third kappa shape index (κ3) is 20.1. The second-order valence-electron chi connectivity index (χ2n) is 15.8. The molecule has 2 rings (SSSR count). The van der Waals surface area contributed by atoms with Crippen LogP contribution in [-0.4, -0.2) is 140 Å². The summed E-state index contributed by atoms with van der Waals surface area (Å²) in [5, 5.41) is 86.3. The van der Waals surface area contributed by atoms with Gasteiger partial charge in [-0.3, -0.25) is 4.79 Å². The standard InChI is InChI=1S/C43H79NO13/c1-3-5-7-9-11-13-15-17-18-20-22-24-26-32(47)31(44-35(48)27-25-23-21-19-16-14-12-10-8-6-4-2)30-54-42-40(53)38(51)41(34(29-46)56-42)57-43-39(52)37(50)36(49)33(28-45)55-43/h10,12,24,26,31-34,36-43,45-47,49-53H,3-9,11,13-23,25,27-30H2,1-2H3,(H,44,48)/b12-10-,26-24+. The van der Waals surface area contributed by atoms with Crippen LogP contribution in [0.4, 0.5) is 0 Å². The maximum atomic E-state index is 13.0. The maximum Gasteiger partial charge on any atom is 0.220 e. The molecule has 0 saturated carbocycles. The lowest BCUT2D eigenvalue weighted by Crippen LogP contribution is -2.65. The molecule has 2 aliphatic heterocycles. The predicted molar refractivity (Wildman–Crippen MR) is 217 cm³/mol. The topological polar surface area (TPSA) is 228 Å². The molecule has 334 valence electrons. The number of allylic oxidation sites excluding steroid dienone is 3. The zero-order chi connectivity index (χ0) is 41.8. The first kappa shape index (κ1) is 51.6. The summed E-state index contributed by atoms with van der Waals surface area (Å²) in [5.41, 5.74) is 0. The number of nitrogens with one attached hydrogen (secondary N) is 1. The van der Waals surface area contributed by atoms with Crippen molar-refractivity contribution in [1.29, 1.82) is 0 Å². The molecule has 9 N–H and O–H groups in total. The molecule has 2 heterocycles. The number of carbonyl (C=O) groups excluding carboxylic acids is 1. The Labute approximate surface area is 341 Å². The van der Waals surface area contributed by atoms with Gasteiger partial charge < -0.3 is 65.1 Å². The van der Waals surface area contributed by atoms with E-state index in [0.717, 1.165) is 57.8 Å². The first-order chi connectivity index (χ1) is 27.6. The second kappa shape index (κ2) is 31.4. The number of aliphatic hydroxyl groups is 8. The van der Waals surface area contributed by atoms with Crippen LogP contribution in [0.25, 0.3) is 0 Å². The van der Waals surface area contributed by atoms with E-state index in [1.165, 1.54) is 64.2 Å². The molecule has 2 fully saturated rings. The van der Waals surface area contributed by atoms with Crippen molar-refractivity contribution in [1.82, 2.24) is 5.32 Å². The van der Waals surface area contributed by atoms with E-state index >= 15 is 0 Å². The summed E-state index contributed by atoms with van der Waals surface area (Å²) in [6.07, 6.45) is 13.7. The SMILES string of the molecule is CCCC/C=C\CCCCCCCC(=O)NC(COC1OC(CO)C(OC2OC(CO)C(O)C(O)C2O)C(O)C1O)C(O)/C=C/CCCCCCCCCCCC. The number of rotatable bonds is 32. The van der Waals surface area contributed by atoms with Crippen molar-refractivity contribution in [3.05, 3.63) is 24.3 Å². The Hall–Kier alpha value is -1.53. The molecule has 1 amide bonds. The molecule has 57 heavy (non-hydrogen) atoms. The number of unbranched alkanes of at least 4 members (excludes halogenated alkanes) is 17. The van der Waals surface area contributed by atoms with Crippen molar-refractivity contribution in [3.63, 3.8) is 0 Å². The third-order valence-electron chi connectivity index (χ3n) is 10.9. The molecule has 14 nitrogen and oxygen atoms in total. The molecular formula is C43H79NO13. The van der Waals surface area contributed by atoms with Gasteiger partial charge in [0.2, 0.25) is 5.91 Å². The fourth-order valence-corrected chi connectivity index (χ4v) is 7.15. The highest BCUT2D eigenvalue weighted by atomic mass is 16.7. The number of ether oxygens (including phenoxy) is 4. The lowest BCUT2D eigenvalue weighted by Gasteiger charge is -2.46. The number of amides is 1. The molecule has 0 bridgehead atoms. The molecule has 0 aromatic carbocycles. The van der Waals surface area contributed by atoms with Crippen molar-refractivity contribution in [3.8, 4) is 0 Å². The largest absolute Gasteiger partial charge is 0.394 e. The van der Waals surface area contributed by atoms with Gasteiger partial charge in [0.25, 0.3) is 0 Å². The number of carbonyl (C=O) groups is 1. The second-order valence-corrected chi connectivity index (χ2v) is 15.8. The maximum absolute atomic E-state index is 13.0. The Morgan fingerprint density at radius 1 is 0.614 bits per heavy atom. The highest BCUT2D eigenvalue weighted by Gasteiger charge is 2.50. The zero-order valence-electron chi connectivity index (χ0n) is 34.8. The van der Waals surface area contributed by atoms with Crippen molar-refractivity contribution in [2.24, 2.45) is 0 Å². The molecule has 0 aromatic rings. The summed E-state index contributed by atoms with van der Waals surface area (Å²) < 4.78 is 22.6. The van der Waals surface area contributed by atoms with Gasteiger partial charge in [-0.25, -0.2) is 0 Å². The van der Waals surface area contributed by atoms with Crippen molar-refractivity contribution in [2.45, 2.75) is 222 Å². The summed E-state index contributed by atoms with van der Waals surface area (Å²) in [6, 6.07) is -0.912. The molecule has 12 unspecified atom stereocenters. The normalized spacial score (nSPS) is 29.3. The van der Waals surface area contributed by atoms with E-state index in [2.05, 4.69) is 31.3 Å². The average molecular weight is 818 g/mol. The van der Waals surface area contributed by atoms with E-state index in [4.69, 9.17) is 18.9 Å². The molecule has 0 aliphatic carbocycles. The fraction of sp³-hybridized carbons (Fsp3) is 0.884. The average Bonchev–Trinajstić information content (AvgIpc) is 3.21. The third-order valence-corrected chi connectivity index (χ3v) is 10.9. The van der Waals surface area contributed by atoms with Gasteiger partial charge in [0, 0.05) is 6.42 Å². The minimum absolute atomic E-state index is 0.254. The summed E-state index contributed by atoms with van der Waals surface area (Å²) in [7, 11) is 0. The monoisotopic (exact) mass is 818 g/mol. The number of hydrogen-bond acceptors (Lipinski definition) is 13. The quantitative estimate of drug-likeness (QED) is 0.0348. The van der Waals surface area contributed by atoms with Crippen LogP contribution in [-0.2, 0) is 23.7 Å². The van der Waals surface area contributed by atoms with Crippen LogP contribution in [0, 0.1) is 0 Å². The molecule has 14 heteroatoms. The van der Waals surface area contributed by atoms with Crippen LogP contribution in [0.15, 0.2) is 24.3 Å². The van der Waals surface area contributed by atoms with Crippen molar-refractivity contribution >= 4 is 5.91 Å². The summed E-state index contributed by atoms with van der Waals surface area (Å²) in [4.78, 5) is 13.0. The van der Waals surface area contributed by atoms with Gasteiger partial charge in [-0.05, 0) is 38.5 Å². The van der Waals surface area contributed by atoms with Gasteiger partial charge in [0.05, 0.1) is 32.0 Å². The highest BCUT2D eigenvalue weighted by Crippen LogP contribution is 2.30. The molecule has 0 spiro atoms. The molecule has 0 radical (unpaired) electrons. The van der Waals surface area contributed by atoms with Crippen LogP contribution < -0.4 is 5.32 Å². The van der Waals surface area contributed by atoms with E-state index in [9.17, 15) is 45.6 Å². The van der Waals surface area contributed by atoms with Crippen LogP contribution in [0.1, 0.15) is 149 Å². The fourth-order valence-electron chi connectivity index (χ4n) is 7.15. The summed E-state index contributed by atoms with van der Waals surface area (Å²) >= 11 is 0. The minimum Gasteiger partial charge on any atom is -0.394 e. The molecular weight excluding hydrogens is 738 g/mol. The van der Waals surface area contributed by atoms with Crippen LogP contribution in [0.5, 0.6) is 0 Å². The Kier molecular flexibility index (Phi) is 28.4. The van der Waals surface area contributed by atoms with Crippen molar-refractivity contribution < 1.29 is 64.6 Å². The first-order valence-electron chi connectivity index (χ1n) is 22.1. The Bertz CT molecular complexity index is 1060.